The number of fused-ring (bicyclic) bond motifs is 1. The van der Waals surface area contributed by atoms with E-state index in [0.717, 1.165) is 13.1 Å². The van der Waals surface area contributed by atoms with Crippen LogP contribution in [0.2, 0.25) is 0 Å². The third-order valence-electron chi connectivity index (χ3n) is 3.89. The minimum atomic E-state index is 0.954. The zero-order valence-corrected chi connectivity index (χ0v) is 11.6. The summed E-state index contributed by atoms with van der Waals surface area (Å²) in [5, 5.41) is 0. The number of benzene rings is 2. The van der Waals surface area contributed by atoms with Crippen molar-refractivity contribution in [3.63, 3.8) is 0 Å². The Kier molecular flexibility index (Phi) is 3.16. The summed E-state index contributed by atoms with van der Waals surface area (Å²) < 4.78 is 0. The molecule has 3 rings (SSSR count). The Hall–Kier alpha value is -1.96. The average molecular weight is 252 g/mol. The Labute approximate surface area is 115 Å². The normalized spacial score (nSPS) is 13.5. The van der Waals surface area contributed by atoms with Crippen LogP contribution < -0.4 is 9.80 Å². The molecular formula is C17H20N2. The summed E-state index contributed by atoms with van der Waals surface area (Å²) in [5.74, 6) is 0. The molecular weight excluding hydrogens is 232 g/mol. The molecule has 0 unspecified atom stereocenters. The SMILES string of the molecule is CN(Cc1ccccc1)c1ccc2c(c1)CCN2C. The summed E-state index contributed by atoms with van der Waals surface area (Å²) in [5.41, 5.74) is 5.51. The van der Waals surface area contributed by atoms with Crippen molar-refractivity contribution < 1.29 is 0 Å². The van der Waals surface area contributed by atoms with Crippen LogP contribution in [-0.2, 0) is 13.0 Å². The third kappa shape index (κ3) is 2.43. The summed E-state index contributed by atoms with van der Waals surface area (Å²) in [6, 6.07) is 17.4. The first-order valence-electron chi connectivity index (χ1n) is 6.83. The molecule has 1 aliphatic heterocycles. The Morgan fingerprint density at radius 2 is 1.89 bits per heavy atom. The van der Waals surface area contributed by atoms with Gasteiger partial charge in [-0.1, -0.05) is 30.3 Å². The van der Waals surface area contributed by atoms with Crippen molar-refractivity contribution in [3.8, 4) is 0 Å². The van der Waals surface area contributed by atoms with E-state index < -0.39 is 0 Å². The molecule has 19 heavy (non-hydrogen) atoms. The van der Waals surface area contributed by atoms with Gasteiger partial charge in [0.15, 0.2) is 0 Å². The van der Waals surface area contributed by atoms with Crippen LogP contribution in [0.25, 0.3) is 0 Å². The molecule has 0 fully saturated rings. The standard InChI is InChI=1S/C17H20N2/c1-18-11-10-15-12-16(8-9-17(15)18)19(2)13-14-6-4-3-5-7-14/h3-9,12H,10-11,13H2,1-2H3. The Bertz CT molecular complexity index is 563. The lowest BCUT2D eigenvalue weighted by Gasteiger charge is -2.21. The van der Waals surface area contributed by atoms with E-state index in [1.807, 2.05) is 0 Å². The molecule has 0 aliphatic carbocycles. The molecule has 2 heteroatoms. The van der Waals surface area contributed by atoms with Gasteiger partial charge < -0.3 is 9.80 Å². The molecule has 0 N–H and O–H groups in total. The van der Waals surface area contributed by atoms with Crippen molar-refractivity contribution in [2.24, 2.45) is 0 Å². The summed E-state index contributed by atoms with van der Waals surface area (Å²) in [7, 11) is 4.33. The van der Waals surface area contributed by atoms with E-state index >= 15 is 0 Å². The highest BCUT2D eigenvalue weighted by atomic mass is 15.1. The van der Waals surface area contributed by atoms with Gasteiger partial charge in [0.1, 0.15) is 0 Å². The largest absolute Gasteiger partial charge is 0.374 e. The van der Waals surface area contributed by atoms with E-state index in [-0.39, 0.29) is 0 Å². The lowest BCUT2D eigenvalue weighted by atomic mass is 10.1. The fourth-order valence-electron chi connectivity index (χ4n) is 2.74. The van der Waals surface area contributed by atoms with Crippen molar-refractivity contribution in [1.29, 1.82) is 0 Å². The molecule has 0 radical (unpaired) electrons. The van der Waals surface area contributed by atoms with Gasteiger partial charge in [-0.15, -0.1) is 0 Å². The number of anilines is 2. The number of hydrogen-bond acceptors (Lipinski definition) is 2. The molecule has 0 saturated carbocycles. The maximum absolute atomic E-state index is 2.34. The minimum Gasteiger partial charge on any atom is -0.374 e. The van der Waals surface area contributed by atoms with Crippen molar-refractivity contribution >= 4 is 11.4 Å². The van der Waals surface area contributed by atoms with Crippen LogP contribution in [0.3, 0.4) is 0 Å². The van der Waals surface area contributed by atoms with Crippen LogP contribution in [0, 0.1) is 0 Å². The van der Waals surface area contributed by atoms with Gasteiger partial charge in [-0.2, -0.15) is 0 Å². The van der Waals surface area contributed by atoms with Crippen LogP contribution in [0.1, 0.15) is 11.1 Å². The number of hydrogen-bond donors (Lipinski definition) is 0. The number of nitrogens with zero attached hydrogens (tertiary/aromatic N) is 2. The quantitative estimate of drug-likeness (QED) is 0.827. The zero-order valence-electron chi connectivity index (χ0n) is 11.6. The first-order valence-corrected chi connectivity index (χ1v) is 6.83. The molecule has 98 valence electrons. The Morgan fingerprint density at radius 1 is 1.11 bits per heavy atom. The van der Waals surface area contributed by atoms with Gasteiger partial charge in [0, 0.05) is 38.6 Å². The Balaban J connectivity index is 1.79. The maximum Gasteiger partial charge on any atom is 0.0426 e. The van der Waals surface area contributed by atoms with Crippen LogP contribution in [0.4, 0.5) is 11.4 Å². The topological polar surface area (TPSA) is 6.48 Å². The Morgan fingerprint density at radius 3 is 2.68 bits per heavy atom. The van der Waals surface area contributed by atoms with Gasteiger partial charge >= 0.3 is 0 Å². The van der Waals surface area contributed by atoms with E-state index in [1.165, 1.54) is 28.9 Å². The first-order chi connectivity index (χ1) is 9.24. The van der Waals surface area contributed by atoms with Crippen LogP contribution in [-0.4, -0.2) is 20.6 Å². The van der Waals surface area contributed by atoms with Gasteiger partial charge in [-0.25, -0.2) is 0 Å². The third-order valence-corrected chi connectivity index (χ3v) is 3.89. The summed E-state index contributed by atoms with van der Waals surface area (Å²) in [4.78, 5) is 4.64. The first kappa shape index (κ1) is 12.1. The lowest BCUT2D eigenvalue weighted by molar-refractivity contribution is 0.921. The molecule has 2 nitrogen and oxygen atoms in total. The molecule has 2 aromatic carbocycles. The van der Waals surface area contributed by atoms with Crippen molar-refractivity contribution in [1.82, 2.24) is 0 Å². The van der Waals surface area contributed by atoms with Crippen molar-refractivity contribution in [2.45, 2.75) is 13.0 Å². The van der Waals surface area contributed by atoms with E-state index in [2.05, 4.69) is 72.4 Å². The second-order valence-corrected chi connectivity index (χ2v) is 5.33. The fraction of sp³-hybridized carbons (Fsp3) is 0.294. The summed E-state index contributed by atoms with van der Waals surface area (Å²) in [6.45, 7) is 2.09. The average Bonchev–Trinajstić information content (AvgIpc) is 2.81. The van der Waals surface area contributed by atoms with E-state index in [4.69, 9.17) is 0 Å². The smallest absolute Gasteiger partial charge is 0.0426 e. The summed E-state index contributed by atoms with van der Waals surface area (Å²) in [6.07, 6.45) is 1.17. The highest BCUT2D eigenvalue weighted by Gasteiger charge is 2.16. The van der Waals surface area contributed by atoms with Crippen molar-refractivity contribution in [3.05, 3.63) is 59.7 Å². The second kappa shape index (κ2) is 4.96. The van der Waals surface area contributed by atoms with Crippen LogP contribution in [0.15, 0.2) is 48.5 Å². The fourth-order valence-corrected chi connectivity index (χ4v) is 2.74. The van der Waals surface area contributed by atoms with E-state index in [9.17, 15) is 0 Å². The number of rotatable bonds is 3. The van der Waals surface area contributed by atoms with Crippen LogP contribution >= 0.6 is 0 Å². The second-order valence-electron chi connectivity index (χ2n) is 5.33. The molecule has 0 bridgehead atoms. The molecule has 0 atom stereocenters. The van der Waals surface area contributed by atoms with Gasteiger partial charge in [-0.3, -0.25) is 0 Å². The van der Waals surface area contributed by atoms with Crippen molar-refractivity contribution in [2.75, 3.05) is 30.4 Å². The highest BCUT2D eigenvalue weighted by molar-refractivity contribution is 5.64. The molecule has 1 heterocycles. The molecule has 0 saturated heterocycles. The number of likely N-dealkylation sites (N-methyl/N-ethyl adjacent to an activating group) is 1. The maximum atomic E-state index is 2.34. The lowest BCUT2D eigenvalue weighted by Crippen LogP contribution is -2.16. The molecule has 1 aliphatic rings. The monoisotopic (exact) mass is 252 g/mol. The molecule has 0 amide bonds. The molecule has 0 aromatic heterocycles. The van der Waals surface area contributed by atoms with Gasteiger partial charge in [0.25, 0.3) is 0 Å². The van der Waals surface area contributed by atoms with Gasteiger partial charge in [0.05, 0.1) is 0 Å². The molecule has 2 aromatic rings. The predicted octanol–water partition coefficient (Wildman–Crippen LogP) is 3.32. The summed E-state index contributed by atoms with van der Waals surface area (Å²) >= 11 is 0. The zero-order chi connectivity index (χ0) is 13.2. The van der Waals surface area contributed by atoms with Gasteiger partial charge in [0.2, 0.25) is 0 Å². The van der Waals surface area contributed by atoms with E-state index in [0.29, 0.717) is 0 Å². The van der Waals surface area contributed by atoms with Crippen LogP contribution in [0.5, 0.6) is 0 Å². The molecule has 0 spiro atoms. The minimum absolute atomic E-state index is 0.954. The van der Waals surface area contributed by atoms with E-state index in [1.54, 1.807) is 0 Å². The highest BCUT2D eigenvalue weighted by Crippen LogP contribution is 2.30. The van der Waals surface area contributed by atoms with Gasteiger partial charge in [-0.05, 0) is 35.7 Å². The predicted molar refractivity (Wildman–Crippen MR) is 82.0 cm³/mol.